The van der Waals surface area contributed by atoms with Crippen molar-refractivity contribution in [1.82, 2.24) is 9.97 Å². The van der Waals surface area contributed by atoms with E-state index in [0.29, 0.717) is 17.7 Å². The first-order valence-corrected chi connectivity index (χ1v) is 7.59. The van der Waals surface area contributed by atoms with Gasteiger partial charge in [0.05, 0.1) is 5.56 Å². The molecule has 27 heavy (non-hydrogen) atoms. The van der Waals surface area contributed by atoms with E-state index in [-0.39, 0.29) is 5.82 Å². The predicted molar refractivity (Wildman–Crippen MR) is 88.2 cm³/mol. The molecule has 0 saturated carbocycles. The number of halogens is 3. The second-order valence-electron chi connectivity index (χ2n) is 5.54. The van der Waals surface area contributed by atoms with Crippen LogP contribution in [0, 0.1) is 35.7 Å². The molecule has 0 aliphatic heterocycles. The summed E-state index contributed by atoms with van der Waals surface area (Å²) in [5, 5.41) is 8.62. The van der Waals surface area contributed by atoms with E-state index < -0.39 is 40.3 Å². The van der Waals surface area contributed by atoms with E-state index in [2.05, 4.69) is 9.97 Å². The van der Waals surface area contributed by atoms with Crippen molar-refractivity contribution in [2.75, 3.05) is 0 Å². The quantitative estimate of drug-likeness (QED) is 0.516. The van der Waals surface area contributed by atoms with Gasteiger partial charge in [-0.15, -0.1) is 0 Å². The van der Waals surface area contributed by atoms with Crippen LogP contribution in [0.5, 0.6) is 5.75 Å². The van der Waals surface area contributed by atoms with Gasteiger partial charge in [0.25, 0.3) is 0 Å². The smallest absolute Gasteiger partial charge is 0.346 e. The highest BCUT2D eigenvalue weighted by Gasteiger charge is 2.18. The van der Waals surface area contributed by atoms with E-state index in [1.807, 2.05) is 0 Å². The number of hydrogen-bond acceptors (Lipinski definition) is 5. The van der Waals surface area contributed by atoms with Crippen LogP contribution in [0.15, 0.2) is 42.7 Å². The molecule has 3 aromatic rings. The standard InChI is InChI=1S/C19H10F3N3O2/c1-10-8-24-18(25-9-10)11-2-3-13(15(20)4-11)19(26)27-12-5-16(21)14(7-23)17(22)6-12/h2-6,8-9H,1H3. The van der Waals surface area contributed by atoms with Crippen molar-refractivity contribution in [2.24, 2.45) is 0 Å². The van der Waals surface area contributed by atoms with Crippen molar-refractivity contribution in [2.45, 2.75) is 6.92 Å². The summed E-state index contributed by atoms with van der Waals surface area (Å²) in [5.41, 5.74) is -0.0553. The Morgan fingerprint density at radius 3 is 2.22 bits per heavy atom. The summed E-state index contributed by atoms with van der Waals surface area (Å²) in [6.45, 7) is 1.80. The van der Waals surface area contributed by atoms with Crippen molar-refractivity contribution < 1.29 is 22.7 Å². The fourth-order valence-corrected chi connectivity index (χ4v) is 2.24. The Morgan fingerprint density at radius 2 is 1.67 bits per heavy atom. The molecule has 0 atom stereocenters. The summed E-state index contributed by atoms with van der Waals surface area (Å²) >= 11 is 0. The first-order chi connectivity index (χ1) is 12.9. The average molecular weight is 369 g/mol. The predicted octanol–water partition coefficient (Wildman–Crippen LogP) is 3.96. The number of rotatable bonds is 3. The van der Waals surface area contributed by atoms with E-state index in [4.69, 9.17) is 10.00 Å². The second kappa shape index (κ2) is 7.25. The zero-order valence-electron chi connectivity index (χ0n) is 13.8. The van der Waals surface area contributed by atoms with Crippen molar-refractivity contribution >= 4 is 5.97 Å². The Morgan fingerprint density at radius 1 is 1.04 bits per heavy atom. The third-order valence-corrected chi connectivity index (χ3v) is 3.57. The minimum atomic E-state index is -1.19. The van der Waals surface area contributed by atoms with Crippen LogP contribution in [0.25, 0.3) is 11.4 Å². The molecular formula is C19H10F3N3O2. The highest BCUT2D eigenvalue weighted by molar-refractivity contribution is 5.91. The molecule has 0 radical (unpaired) electrons. The van der Waals surface area contributed by atoms with Crippen LogP contribution in [0.4, 0.5) is 13.2 Å². The van der Waals surface area contributed by atoms with Gasteiger partial charge in [0.15, 0.2) is 5.82 Å². The number of ether oxygens (including phenoxy) is 1. The number of carbonyl (C=O) groups is 1. The van der Waals surface area contributed by atoms with Crippen LogP contribution in [0.3, 0.4) is 0 Å². The molecule has 0 aliphatic carbocycles. The Hall–Kier alpha value is -3.73. The molecule has 2 aromatic carbocycles. The highest BCUT2D eigenvalue weighted by atomic mass is 19.1. The Kier molecular flexibility index (Phi) is 4.86. The summed E-state index contributed by atoms with van der Waals surface area (Å²) in [6, 6.07) is 6.33. The van der Waals surface area contributed by atoms with E-state index in [0.717, 1.165) is 17.7 Å². The SMILES string of the molecule is Cc1cnc(-c2ccc(C(=O)Oc3cc(F)c(C#N)c(F)c3)c(F)c2)nc1. The lowest BCUT2D eigenvalue weighted by molar-refractivity contribution is 0.0729. The molecule has 0 spiro atoms. The first kappa shape index (κ1) is 18.1. The number of carbonyl (C=O) groups excluding carboxylic acids is 1. The number of benzene rings is 2. The molecule has 1 aromatic heterocycles. The van der Waals surface area contributed by atoms with Gasteiger partial charge >= 0.3 is 5.97 Å². The van der Waals surface area contributed by atoms with Crippen LogP contribution in [-0.4, -0.2) is 15.9 Å². The molecule has 8 heteroatoms. The van der Waals surface area contributed by atoms with Crippen molar-refractivity contribution in [3.8, 4) is 23.2 Å². The van der Waals surface area contributed by atoms with Crippen LogP contribution in [0.1, 0.15) is 21.5 Å². The number of aromatic nitrogens is 2. The van der Waals surface area contributed by atoms with Gasteiger partial charge in [-0.25, -0.2) is 27.9 Å². The Bertz CT molecular complexity index is 1050. The average Bonchev–Trinajstić information content (AvgIpc) is 2.62. The minimum Gasteiger partial charge on any atom is -0.423 e. The van der Waals surface area contributed by atoms with Crippen LogP contribution in [0.2, 0.25) is 0 Å². The van der Waals surface area contributed by atoms with Gasteiger partial charge in [-0.05, 0) is 24.6 Å². The third kappa shape index (κ3) is 3.77. The first-order valence-electron chi connectivity index (χ1n) is 7.59. The lowest BCUT2D eigenvalue weighted by Gasteiger charge is -2.08. The van der Waals surface area contributed by atoms with Crippen molar-refractivity contribution in [3.63, 3.8) is 0 Å². The molecule has 0 aliphatic rings. The molecule has 1 heterocycles. The number of aryl methyl sites for hydroxylation is 1. The normalized spacial score (nSPS) is 10.3. The molecule has 134 valence electrons. The largest absolute Gasteiger partial charge is 0.423 e. The lowest BCUT2D eigenvalue weighted by atomic mass is 10.1. The maximum atomic E-state index is 14.3. The summed E-state index contributed by atoms with van der Waals surface area (Å²) in [5.74, 6) is -4.64. The van der Waals surface area contributed by atoms with Crippen molar-refractivity contribution in [3.05, 3.63) is 76.9 Å². The summed E-state index contributed by atoms with van der Waals surface area (Å²) in [6.07, 6.45) is 3.13. The van der Waals surface area contributed by atoms with Crippen LogP contribution < -0.4 is 4.74 Å². The molecule has 0 amide bonds. The fourth-order valence-electron chi connectivity index (χ4n) is 2.24. The monoisotopic (exact) mass is 369 g/mol. The summed E-state index contributed by atoms with van der Waals surface area (Å²) in [4.78, 5) is 20.2. The molecule has 3 rings (SSSR count). The zero-order valence-corrected chi connectivity index (χ0v) is 13.8. The number of nitrogens with zero attached hydrogens (tertiary/aromatic N) is 3. The molecule has 0 N–H and O–H groups in total. The van der Waals surface area contributed by atoms with Gasteiger partial charge in [-0.1, -0.05) is 6.07 Å². The van der Waals surface area contributed by atoms with Gasteiger partial charge < -0.3 is 4.74 Å². The second-order valence-corrected chi connectivity index (χ2v) is 5.54. The van der Waals surface area contributed by atoms with E-state index in [9.17, 15) is 18.0 Å². The van der Waals surface area contributed by atoms with Crippen LogP contribution in [-0.2, 0) is 0 Å². The fraction of sp³-hybridized carbons (Fsp3) is 0.0526. The molecule has 0 fully saturated rings. The molecule has 0 saturated heterocycles. The Balaban J connectivity index is 1.85. The lowest BCUT2D eigenvalue weighted by Crippen LogP contribution is -2.11. The summed E-state index contributed by atoms with van der Waals surface area (Å²) < 4.78 is 46.2. The number of hydrogen-bond donors (Lipinski definition) is 0. The van der Waals surface area contributed by atoms with Gasteiger partial charge in [0, 0.05) is 30.1 Å². The molecule has 5 nitrogen and oxygen atoms in total. The van der Waals surface area contributed by atoms with Gasteiger partial charge in [-0.2, -0.15) is 5.26 Å². The van der Waals surface area contributed by atoms with E-state index >= 15 is 0 Å². The van der Waals surface area contributed by atoms with Gasteiger partial charge in [0.2, 0.25) is 0 Å². The van der Waals surface area contributed by atoms with Gasteiger partial charge in [0.1, 0.15) is 34.8 Å². The van der Waals surface area contributed by atoms with Gasteiger partial charge in [-0.3, -0.25) is 0 Å². The van der Waals surface area contributed by atoms with E-state index in [1.54, 1.807) is 19.3 Å². The maximum absolute atomic E-state index is 14.3. The van der Waals surface area contributed by atoms with Crippen molar-refractivity contribution in [1.29, 1.82) is 5.26 Å². The maximum Gasteiger partial charge on any atom is 0.346 e. The number of esters is 1. The Labute approximate surface area is 151 Å². The molecule has 0 unspecified atom stereocenters. The highest BCUT2D eigenvalue weighted by Crippen LogP contribution is 2.23. The number of nitriles is 1. The molecule has 0 bridgehead atoms. The van der Waals surface area contributed by atoms with Crippen LogP contribution >= 0.6 is 0 Å². The van der Waals surface area contributed by atoms with E-state index in [1.165, 1.54) is 12.1 Å². The zero-order chi connectivity index (χ0) is 19.6. The molecular weight excluding hydrogens is 359 g/mol. The topological polar surface area (TPSA) is 75.9 Å². The summed E-state index contributed by atoms with van der Waals surface area (Å²) in [7, 11) is 0. The third-order valence-electron chi connectivity index (χ3n) is 3.57. The minimum absolute atomic E-state index is 0.274.